The summed E-state index contributed by atoms with van der Waals surface area (Å²) in [6.45, 7) is 1.88. The zero-order valence-electron chi connectivity index (χ0n) is 9.51. The van der Waals surface area contributed by atoms with Gasteiger partial charge in [0.25, 0.3) is 5.91 Å². The van der Waals surface area contributed by atoms with E-state index in [0.29, 0.717) is 21.8 Å². The van der Waals surface area contributed by atoms with Gasteiger partial charge in [-0.15, -0.1) is 11.3 Å². The molecule has 2 heterocycles. The van der Waals surface area contributed by atoms with E-state index in [1.54, 1.807) is 18.2 Å². The van der Waals surface area contributed by atoms with E-state index < -0.39 is 0 Å². The Labute approximate surface area is 106 Å². The maximum Gasteiger partial charge on any atom is 0.257 e. The highest BCUT2D eigenvalue weighted by Crippen LogP contribution is 2.18. The number of benzene rings is 1. The largest absolute Gasteiger partial charge is 0.443 e. The third kappa shape index (κ3) is 1.98. The Bertz CT molecular complexity index is 717. The van der Waals surface area contributed by atoms with Crippen LogP contribution in [0.1, 0.15) is 16.1 Å². The van der Waals surface area contributed by atoms with E-state index in [4.69, 9.17) is 4.42 Å². The number of hydrogen-bond acceptors (Lipinski definition) is 5. The van der Waals surface area contributed by atoms with Gasteiger partial charge < -0.3 is 4.42 Å². The molecule has 0 unspecified atom stereocenters. The lowest BCUT2D eigenvalue weighted by Gasteiger charge is -2.00. The number of rotatable bonds is 2. The van der Waals surface area contributed by atoms with Crippen LogP contribution in [0.25, 0.3) is 11.1 Å². The van der Waals surface area contributed by atoms with Crippen molar-refractivity contribution in [1.82, 2.24) is 9.97 Å². The van der Waals surface area contributed by atoms with Crippen LogP contribution < -0.4 is 5.32 Å². The first-order valence-electron chi connectivity index (χ1n) is 5.29. The van der Waals surface area contributed by atoms with Gasteiger partial charge in [0.2, 0.25) is 0 Å². The maximum atomic E-state index is 12.0. The number of amides is 1. The first-order chi connectivity index (χ1) is 8.72. The van der Waals surface area contributed by atoms with Gasteiger partial charge in [-0.1, -0.05) is 0 Å². The van der Waals surface area contributed by atoms with Crippen LogP contribution in [0.15, 0.2) is 34.4 Å². The van der Waals surface area contributed by atoms with E-state index in [0.717, 1.165) is 5.69 Å². The van der Waals surface area contributed by atoms with Gasteiger partial charge in [-0.3, -0.25) is 10.1 Å². The summed E-state index contributed by atoms with van der Waals surface area (Å²) >= 11 is 1.40. The Hall–Kier alpha value is -2.21. The Morgan fingerprint density at radius 2 is 2.33 bits per heavy atom. The predicted molar refractivity (Wildman–Crippen MR) is 68.8 cm³/mol. The average Bonchev–Trinajstić information content (AvgIpc) is 2.96. The first-order valence-corrected chi connectivity index (χ1v) is 6.17. The zero-order chi connectivity index (χ0) is 12.5. The number of carbonyl (C=O) groups excluding carboxylic acids is 1. The quantitative estimate of drug-likeness (QED) is 0.768. The van der Waals surface area contributed by atoms with E-state index in [2.05, 4.69) is 15.3 Å². The summed E-state index contributed by atoms with van der Waals surface area (Å²) < 4.78 is 5.12. The molecule has 1 N–H and O–H groups in total. The molecule has 3 rings (SSSR count). The molecule has 0 saturated heterocycles. The molecule has 2 aromatic heterocycles. The molecular weight excluding hydrogens is 250 g/mol. The number of hydrogen-bond donors (Lipinski definition) is 1. The second-order valence-corrected chi connectivity index (χ2v) is 4.64. The summed E-state index contributed by atoms with van der Waals surface area (Å²) in [5.74, 6) is -0.200. The molecule has 0 bridgehead atoms. The van der Waals surface area contributed by atoms with E-state index in [-0.39, 0.29) is 5.91 Å². The number of carbonyl (C=O) groups is 1. The number of aromatic nitrogens is 2. The molecule has 0 radical (unpaired) electrons. The molecule has 0 aliphatic heterocycles. The van der Waals surface area contributed by atoms with Crippen LogP contribution in [0.5, 0.6) is 0 Å². The molecular formula is C12H9N3O2S. The standard InChI is InChI=1S/C12H9N3O2S/c1-7-5-18-12(14-7)15-11(16)8-2-3-10-9(4-8)13-6-17-10/h2-6H,1H3,(H,14,15,16). The van der Waals surface area contributed by atoms with Crippen molar-refractivity contribution in [2.75, 3.05) is 5.32 Å². The number of fused-ring (bicyclic) bond motifs is 1. The molecule has 0 spiro atoms. The first kappa shape index (κ1) is 10.9. The highest BCUT2D eigenvalue weighted by Gasteiger charge is 2.10. The molecule has 5 nitrogen and oxygen atoms in total. The minimum Gasteiger partial charge on any atom is -0.443 e. The fourth-order valence-corrected chi connectivity index (χ4v) is 2.26. The number of oxazole rings is 1. The normalized spacial score (nSPS) is 10.7. The molecule has 1 aromatic carbocycles. The van der Waals surface area contributed by atoms with Crippen molar-refractivity contribution in [2.24, 2.45) is 0 Å². The van der Waals surface area contributed by atoms with Crippen molar-refractivity contribution in [3.05, 3.63) is 41.2 Å². The van der Waals surface area contributed by atoms with Crippen LogP contribution in [-0.4, -0.2) is 15.9 Å². The number of nitrogens with one attached hydrogen (secondary N) is 1. The van der Waals surface area contributed by atoms with E-state index in [1.807, 2.05) is 12.3 Å². The fourth-order valence-electron chi connectivity index (χ4n) is 1.58. The predicted octanol–water partition coefficient (Wildman–Crippen LogP) is 2.85. The van der Waals surface area contributed by atoms with Gasteiger partial charge in [0.05, 0.1) is 5.69 Å². The maximum absolute atomic E-state index is 12.0. The molecule has 18 heavy (non-hydrogen) atoms. The van der Waals surface area contributed by atoms with Crippen LogP contribution in [0.2, 0.25) is 0 Å². The van der Waals surface area contributed by atoms with E-state index in [1.165, 1.54) is 17.7 Å². The van der Waals surface area contributed by atoms with Gasteiger partial charge in [0.15, 0.2) is 17.1 Å². The second-order valence-electron chi connectivity index (χ2n) is 3.78. The minimum absolute atomic E-state index is 0.200. The lowest BCUT2D eigenvalue weighted by atomic mass is 10.2. The van der Waals surface area contributed by atoms with E-state index >= 15 is 0 Å². The summed E-state index contributed by atoms with van der Waals surface area (Å²) in [6, 6.07) is 5.11. The zero-order valence-corrected chi connectivity index (χ0v) is 10.3. The minimum atomic E-state index is -0.200. The fraction of sp³-hybridized carbons (Fsp3) is 0.0833. The van der Waals surface area contributed by atoms with Crippen LogP contribution in [-0.2, 0) is 0 Å². The van der Waals surface area contributed by atoms with Gasteiger partial charge in [-0.25, -0.2) is 9.97 Å². The second kappa shape index (κ2) is 4.23. The Morgan fingerprint density at radius 3 is 3.11 bits per heavy atom. The number of nitrogens with zero attached hydrogens (tertiary/aromatic N) is 2. The van der Waals surface area contributed by atoms with Crippen LogP contribution in [0.3, 0.4) is 0 Å². The molecule has 90 valence electrons. The van der Waals surface area contributed by atoms with Crippen molar-refractivity contribution >= 4 is 33.5 Å². The molecule has 1 amide bonds. The van der Waals surface area contributed by atoms with Gasteiger partial charge in [-0.05, 0) is 25.1 Å². The molecule has 0 aliphatic rings. The summed E-state index contributed by atoms with van der Waals surface area (Å²) in [4.78, 5) is 20.2. The van der Waals surface area contributed by atoms with Crippen molar-refractivity contribution in [3.8, 4) is 0 Å². The Balaban J connectivity index is 1.87. The van der Waals surface area contributed by atoms with E-state index in [9.17, 15) is 4.79 Å². The SMILES string of the molecule is Cc1csc(NC(=O)c2ccc3ocnc3c2)n1. The van der Waals surface area contributed by atoms with Crippen molar-refractivity contribution in [1.29, 1.82) is 0 Å². The molecule has 0 saturated carbocycles. The number of anilines is 1. The summed E-state index contributed by atoms with van der Waals surface area (Å²) in [6.07, 6.45) is 1.36. The molecule has 0 aliphatic carbocycles. The average molecular weight is 259 g/mol. The van der Waals surface area contributed by atoms with Crippen molar-refractivity contribution < 1.29 is 9.21 Å². The molecule has 0 atom stereocenters. The van der Waals surface area contributed by atoms with Gasteiger partial charge in [0, 0.05) is 10.9 Å². The topological polar surface area (TPSA) is 68.0 Å². The molecule has 6 heteroatoms. The lowest BCUT2D eigenvalue weighted by molar-refractivity contribution is 0.102. The van der Waals surface area contributed by atoms with Gasteiger partial charge >= 0.3 is 0 Å². The van der Waals surface area contributed by atoms with Crippen LogP contribution in [0, 0.1) is 6.92 Å². The van der Waals surface area contributed by atoms with Crippen molar-refractivity contribution in [2.45, 2.75) is 6.92 Å². The monoisotopic (exact) mass is 259 g/mol. The summed E-state index contributed by atoms with van der Waals surface area (Å²) in [5.41, 5.74) is 2.75. The highest BCUT2D eigenvalue weighted by atomic mass is 32.1. The summed E-state index contributed by atoms with van der Waals surface area (Å²) in [5, 5.41) is 5.23. The lowest BCUT2D eigenvalue weighted by Crippen LogP contribution is -2.11. The van der Waals surface area contributed by atoms with Gasteiger partial charge in [-0.2, -0.15) is 0 Å². The summed E-state index contributed by atoms with van der Waals surface area (Å²) in [7, 11) is 0. The molecule has 3 aromatic rings. The number of aryl methyl sites for hydroxylation is 1. The molecule has 0 fully saturated rings. The van der Waals surface area contributed by atoms with Gasteiger partial charge in [0.1, 0.15) is 5.52 Å². The third-order valence-corrected chi connectivity index (χ3v) is 3.31. The van der Waals surface area contributed by atoms with Crippen molar-refractivity contribution in [3.63, 3.8) is 0 Å². The van der Waals surface area contributed by atoms with Crippen LogP contribution >= 0.6 is 11.3 Å². The number of thiazole rings is 1. The Morgan fingerprint density at radius 1 is 1.44 bits per heavy atom. The third-order valence-electron chi connectivity index (χ3n) is 2.43. The Kier molecular flexibility index (Phi) is 2.56. The highest BCUT2D eigenvalue weighted by molar-refractivity contribution is 7.13. The smallest absolute Gasteiger partial charge is 0.257 e. The van der Waals surface area contributed by atoms with Crippen LogP contribution in [0.4, 0.5) is 5.13 Å².